The van der Waals surface area contributed by atoms with Crippen LogP contribution in [-0.2, 0) is 15.7 Å². The summed E-state index contributed by atoms with van der Waals surface area (Å²) in [5.41, 5.74) is -0.987. The monoisotopic (exact) mass is 302 g/mol. The van der Waals surface area contributed by atoms with Gasteiger partial charge < -0.3 is 14.4 Å². The summed E-state index contributed by atoms with van der Waals surface area (Å²) < 4.78 is 49.1. The lowest BCUT2D eigenvalue weighted by Crippen LogP contribution is -2.35. The fraction of sp³-hybridized carbons (Fsp3) is 0.643. The van der Waals surface area contributed by atoms with Gasteiger partial charge in [0.25, 0.3) is 0 Å². The van der Waals surface area contributed by atoms with Crippen LogP contribution in [0.3, 0.4) is 0 Å². The highest BCUT2D eigenvalue weighted by molar-refractivity contribution is 5.42. The van der Waals surface area contributed by atoms with Crippen molar-refractivity contribution in [3.8, 4) is 0 Å². The maximum Gasteiger partial charge on any atom is 0.433 e. The molecule has 0 unspecified atom stereocenters. The van der Waals surface area contributed by atoms with Crippen molar-refractivity contribution < 1.29 is 22.6 Å². The molecule has 2 aliphatic heterocycles. The molecule has 1 aromatic heterocycles. The van der Waals surface area contributed by atoms with E-state index in [0.29, 0.717) is 38.7 Å². The zero-order valence-electron chi connectivity index (χ0n) is 11.7. The second-order valence-corrected chi connectivity index (χ2v) is 5.77. The number of fused-ring (bicyclic) bond motifs is 1. The minimum Gasteiger partial charge on any atom is -0.384 e. The van der Waals surface area contributed by atoms with E-state index in [1.54, 1.807) is 13.2 Å². The smallest absolute Gasteiger partial charge is 0.384 e. The summed E-state index contributed by atoms with van der Waals surface area (Å²) in [7, 11) is 1.63. The van der Waals surface area contributed by atoms with Crippen LogP contribution in [0.1, 0.15) is 5.69 Å². The molecule has 0 aromatic carbocycles. The van der Waals surface area contributed by atoms with E-state index in [-0.39, 0.29) is 11.3 Å². The lowest BCUT2D eigenvalue weighted by atomic mass is 9.82. The lowest BCUT2D eigenvalue weighted by molar-refractivity contribution is -0.141. The summed E-state index contributed by atoms with van der Waals surface area (Å²) in [4.78, 5) is 5.67. The van der Waals surface area contributed by atoms with Crippen LogP contribution in [0.5, 0.6) is 0 Å². The molecule has 116 valence electrons. The molecule has 1 aromatic rings. The third kappa shape index (κ3) is 2.60. The fourth-order valence-electron chi connectivity index (χ4n) is 3.26. The summed E-state index contributed by atoms with van der Waals surface area (Å²) in [5, 5.41) is 0. The number of hydrogen-bond acceptors (Lipinski definition) is 4. The Bertz CT molecular complexity index is 523. The Morgan fingerprint density at radius 1 is 1.48 bits per heavy atom. The predicted octanol–water partition coefficient (Wildman–Crippen LogP) is 2.20. The molecule has 3 heterocycles. The highest BCUT2D eigenvalue weighted by Gasteiger charge is 2.51. The number of anilines is 1. The molecule has 0 amide bonds. The summed E-state index contributed by atoms with van der Waals surface area (Å²) in [5.74, 6) is 0.642. The van der Waals surface area contributed by atoms with E-state index in [2.05, 4.69) is 4.98 Å². The van der Waals surface area contributed by atoms with Gasteiger partial charge in [-0.25, -0.2) is 4.98 Å². The number of alkyl halides is 3. The molecule has 7 heteroatoms. The molecule has 0 bridgehead atoms. The van der Waals surface area contributed by atoms with E-state index in [0.717, 1.165) is 6.07 Å². The van der Waals surface area contributed by atoms with Crippen molar-refractivity contribution in [2.24, 2.45) is 11.3 Å². The van der Waals surface area contributed by atoms with Gasteiger partial charge in [0.2, 0.25) is 0 Å². The number of rotatable bonds is 3. The van der Waals surface area contributed by atoms with Gasteiger partial charge in [-0.05, 0) is 12.1 Å². The normalized spacial score (nSPS) is 29.0. The van der Waals surface area contributed by atoms with Crippen LogP contribution in [0, 0.1) is 11.3 Å². The van der Waals surface area contributed by atoms with Crippen LogP contribution in [0.2, 0.25) is 0 Å². The number of pyridine rings is 1. The van der Waals surface area contributed by atoms with Crippen LogP contribution in [0.25, 0.3) is 0 Å². The van der Waals surface area contributed by atoms with Gasteiger partial charge in [0.15, 0.2) is 0 Å². The Kier molecular flexibility index (Phi) is 3.57. The predicted molar refractivity (Wildman–Crippen MR) is 70.1 cm³/mol. The van der Waals surface area contributed by atoms with Crippen molar-refractivity contribution >= 4 is 5.82 Å². The molecule has 0 radical (unpaired) electrons. The Balaban J connectivity index is 1.83. The first-order chi connectivity index (χ1) is 9.94. The topological polar surface area (TPSA) is 34.6 Å². The molecule has 2 aliphatic rings. The molecule has 0 spiro atoms. The van der Waals surface area contributed by atoms with Crippen molar-refractivity contribution in [2.75, 3.05) is 44.9 Å². The Labute approximate surface area is 120 Å². The second kappa shape index (κ2) is 5.14. The van der Waals surface area contributed by atoms with Gasteiger partial charge in [-0.2, -0.15) is 13.2 Å². The molecule has 21 heavy (non-hydrogen) atoms. The number of methoxy groups -OCH3 is 1. The molecule has 2 fully saturated rings. The number of halogens is 3. The third-order valence-electron chi connectivity index (χ3n) is 4.30. The van der Waals surface area contributed by atoms with Crippen LogP contribution in [0.4, 0.5) is 19.0 Å². The van der Waals surface area contributed by atoms with Crippen molar-refractivity contribution in [1.29, 1.82) is 0 Å². The summed E-state index contributed by atoms with van der Waals surface area (Å²) in [6.45, 7) is 3.02. The number of ether oxygens (including phenoxy) is 2. The van der Waals surface area contributed by atoms with Crippen molar-refractivity contribution in [3.05, 3.63) is 23.9 Å². The van der Waals surface area contributed by atoms with Crippen LogP contribution >= 0.6 is 0 Å². The van der Waals surface area contributed by atoms with E-state index < -0.39 is 11.9 Å². The van der Waals surface area contributed by atoms with Crippen LogP contribution < -0.4 is 4.90 Å². The highest BCUT2D eigenvalue weighted by atomic mass is 19.4. The number of hydrogen-bond donors (Lipinski definition) is 0. The van der Waals surface area contributed by atoms with E-state index >= 15 is 0 Å². The second-order valence-electron chi connectivity index (χ2n) is 5.77. The van der Waals surface area contributed by atoms with Gasteiger partial charge in [0.05, 0.1) is 19.8 Å². The quantitative estimate of drug-likeness (QED) is 0.857. The van der Waals surface area contributed by atoms with E-state index in [1.165, 1.54) is 6.07 Å². The molecule has 2 atom stereocenters. The number of nitrogens with zero attached hydrogens (tertiary/aromatic N) is 2. The van der Waals surface area contributed by atoms with Gasteiger partial charge in [-0.1, -0.05) is 6.07 Å². The van der Waals surface area contributed by atoms with Crippen molar-refractivity contribution in [3.63, 3.8) is 0 Å². The maximum atomic E-state index is 12.8. The van der Waals surface area contributed by atoms with Crippen LogP contribution in [0.15, 0.2) is 18.2 Å². The summed E-state index contributed by atoms with van der Waals surface area (Å²) in [6, 6.07) is 4.02. The molecule has 0 aliphatic carbocycles. The zero-order valence-corrected chi connectivity index (χ0v) is 11.7. The minimum atomic E-state index is -4.42. The van der Waals surface area contributed by atoms with Gasteiger partial charge in [-0.3, -0.25) is 0 Å². The van der Waals surface area contributed by atoms with Crippen molar-refractivity contribution in [1.82, 2.24) is 4.98 Å². The molecular weight excluding hydrogens is 285 g/mol. The lowest BCUT2D eigenvalue weighted by Gasteiger charge is -2.26. The molecule has 0 saturated carbocycles. The molecule has 2 saturated heterocycles. The maximum absolute atomic E-state index is 12.8. The summed E-state index contributed by atoms with van der Waals surface area (Å²) in [6.07, 6.45) is -4.42. The molecule has 0 N–H and O–H groups in total. The van der Waals surface area contributed by atoms with E-state index in [4.69, 9.17) is 9.47 Å². The largest absolute Gasteiger partial charge is 0.433 e. The Morgan fingerprint density at radius 3 is 3.00 bits per heavy atom. The fourth-order valence-corrected chi connectivity index (χ4v) is 3.26. The molecular formula is C14H17F3N2O2. The standard InChI is InChI=1S/C14H17F3N2O2/c1-20-8-13-7-19(5-10(13)6-21-9-13)12-4-2-3-11(18-12)14(15,16)17/h2-4,10H,5-9H2,1H3/t10-,13-/m0/s1. The van der Waals surface area contributed by atoms with E-state index in [9.17, 15) is 13.2 Å². The Morgan fingerprint density at radius 2 is 2.29 bits per heavy atom. The van der Waals surface area contributed by atoms with Gasteiger partial charge >= 0.3 is 6.18 Å². The average molecular weight is 302 g/mol. The Hall–Kier alpha value is -1.34. The first-order valence-electron chi connectivity index (χ1n) is 6.80. The van der Waals surface area contributed by atoms with Gasteiger partial charge in [0.1, 0.15) is 11.5 Å². The van der Waals surface area contributed by atoms with E-state index in [1.807, 2.05) is 4.90 Å². The number of aromatic nitrogens is 1. The molecule has 3 rings (SSSR count). The third-order valence-corrected chi connectivity index (χ3v) is 4.30. The average Bonchev–Trinajstić information content (AvgIpc) is 2.95. The SMILES string of the molecule is COC[C@@]12COC[C@@H]1CN(c1cccc(C(F)(F)F)n1)C2. The van der Waals surface area contributed by atoms with Gasteiger partial charge in [0, 0.05) is 31.5 Å². The first kappa shape index (κ1) is 14.6. The highest BCUT2D eigenvalue weighted by Crippen LogP contribution is 2.43. The molecule has 4 nitrogen and oxygen atoms in total. The first-order valence-corrected chi connectivity index (χ1v) is 6.80. The van der Waals surface area contributed by atoms with Gasteiger partial charge in [-0.15, -0.1) is 0 Å². The summed E-state index contributed by atoms with van der Waals surface area (Å²) >= 11 is 0. The minimum absolute atomic E-state index is 0.134. The zero-order chi connectivity index (χ0) is 15.1. The van der Waals surface area contributed by atoms with Crippen LogP contribution in [-0.4, -0.2) is 45.0 Å². The van der Waals surface area contributed by atoms with Crippen molar-refractivity contribution in [2.45, 2.75) is 6.18 Å².